The van der Waals surface area contributed by atoms with E-state index in [2.05, 4.69) is 32.2 Å². The van der Waals surface area contributed by atoms with Crippen LogP contribution in [0.1, 0.15) is 32.6 Å². The number of amides is 2. The second kappa shape index (κ2) is 10.2. The van der Waals surface area contributed by atoms with Gasteiger partial charge in [-0.15, -0.1) is 0 Å². The first-order chi connectivity index (χ1) is 19.4. The second-order valence-corrected chi connectivity index (χ2v) is 9.46. The fourth-order valence-corrected chi connectivity index (χ4v) is 5.26. The Morgan fingerprint density at radius 3 is 2.29 bits per heavy atom. The van der Waals surface area contributed by atoms with Gasteiger partial charge in [0.2, 0.25) is 5.95 Å². The predicted molar refractivity (Wildman–Crippen MR) is 139 cm³/mol. The van der Waals surface area contributed by atoms with Crippen LogP contribution in [0.2, 0.25) is 0 Å². The number of hydrogen-bond acceptors (Lipinski definition) is 6. The minimum atomic E-state index is -5.08. The van der Waals surface area contributed by atoms with Gasteiger partial charge in [-0.25, -0.2) is 14.6 Å². The smallest absolute Gasteiger partial charge is 0.475 e. The number of methoxy groups -OCH3 is 1. The topological polar surface area (TPSA) is 145 Å². The van der Waals surface area contributed by atoms with Gasteiger partial charge in [-0.2, -0.15) is 13.2 Å². The molecule has 0 radical (unpaired) electrons. The summed E-state index contributed by atoms with van der Waals surface area (Å²) in [6.45, 7) is 0. The number of H-pyrrole nitrogens is 1. The first kappa shape index (κ1) is 27.6. The standard InChI is InChI=1S/C26H22N4O4.C2HF3O2/c1-34-25(32)29-24-27-21-11-10-17(14-22(21)28-24)26(33)20-9-5-4-8-19(20)23(31)30(26)18-12-15-6-2-3-7-16(15)13-18;3-2(4,5)1(6)7/h2-11,14,18,33H,12-13H2,1H3,(H2,27,28,29,32);(H,6,7). The third kappa shape index (κ3) is 4.95. The fourth-order valence-electron chi connectivity index (χ4n) is 5.26. The van der Waals surface area contributed by atoms with E-state index in [9.17, 15) is 27.9 Å². The van der Waals surface area contributed by atoms with Crippen LogP contribution < -0.4 is 5.32 Å². The molecule has 0 fully saturated rings. The lowest BCUT2D eigenvalue weighted by molar-refractivity contribution is -0.192. The van der Waals surface area contributed by atoms with Crippen molar-refractivity contribution in [3.05, 3.63) is 94.5 Å². The number of nitrogens with zero attached hydrogens (tertiary/aromatic N) is 2. The molecule has 1 atom stereocenters. The van der Waals surface area contributed by atoms with E-state index in [0.717, 1.165) is 0 Å². The Balaban J connectivity index is 0.000000431. The Morgan fingerprint density at radius 1 is 1.07 bits per heavy atom. The van der Waals surface area contributed by atoms with Gasteiger partial charge in [0.05, 0.1) is 18.1 Å². The van der Waals surface area contributed by atoms with Crippen LogP contribution in [0.15, 0.2) is 66.7 Å². The first-order valence-corrected chi connectivity index (χ1v) is 12.3. The highest BCUT2D eigenvalue weighted by molar-refractivity contribution is 6.01. The lowest BCUT2D eigenvalue weighted by Crippen LogP contribution is -2.51. The lowest BCUT2D eigenvalue weighted by atomic mass is 9.92. The molecule has 13 heteroatoms. The van der Waals surface area contributed by atoms with Crippen molar-refractivity contribution in [3.8, 4) is 0 Å². The van der Waals surface area contributed by atoms with Crippen molar-refractivity contribution in [2.45, 2.75) is 30.8 Å². The summed E-state index contributed by atoms with van der Waals surface area (Å²) in [5.41, 5.74) is 3.57. The molecule has 2 heterocycles. The number of halogens is 3. The molecule has 0 bridgehead atoms. The highest BCUT2D eigenvalue weighted by atomic mass is 19.4. The van der Waals surface area contributed by atoms with Gasteiger partial charge < -0.3 is 19.9 Å². The minimum Gasteiger partial charge on any atom is -0.475 e. The fraction of sp³-hybridized carbons (Fsp3) is 0.214. The van der Waals surface area contributed by atoms with E-state index in [-0.39, 0.29) is 17.9 Å². The number of carboxylic acids is 1. The van der Waals surface area contributed by atoms with E-state index in [1.54, 1.807) is 35.2 Å². The van der Waals surface area contributed by atoms with Crippen molar-refractivity contribution in [1.82, 2.24) is 14.9 Å². The van der Waals surface area contributed by atoms with Crippen LogP contribution in [0.25, 0.3) is 11.0 Å². The number of carbonyl (C=O) groups is 3. The molecular weight excluding hydrogens is 545 g/mol. The number of alkyl halides is 3. The number of hydrogen-bond donors (Lipinski definition) is 4. The average Bonchev–Trinajstić information content (AvgIpc) is 3.60. The number of carboxylic acid groups (broad SMARTS) is 1. The van der Waals surface area contributed by atoms with E-state index in [0.29, 0.717) is 40.6 Å². The zero-order valence-corrected chi connectivity index (χ0v) is 21.4. The molecule has 0 spiro atoms. The Bertz CT molecular complexity index is 1650. The number of aromatic amines is 1. The molecule has 6 rings (SSSR count). The van der Waals surface area contributed by atoms with E-state index < -0.39 is 24.0 Å². The molecule has 1 aliphatic heterocycles. The van der Waals surface area contributed by atoms with Gasteiger partial charge in [0, 0.05) is 22.7 Å². The molecule has 1 aromatic heterocycles. The molecular formula is C28H23F3N4O6. The Hall–Kier alpha value is -4.91. The maximum atomic E-state index is 13.6. The molecule has 2 amide bonds. The summed E-state index contributed by atoms with van der Waals surface area (Å²) < 4.78 is 36.4. The van der Waals surface area contributed by atoms with Crippen LogP contribution in [0, 0.1) is 0 Å². The number of imidazole rings is 1. The number of ether oxygens (including phenoxy) is 1. The third-order valence-electron chi connectivity index (χ3n) is 7.03. The molecule has 0 saturated carbocycles. The maximum absolute atomic E-state index is 13.6. The average molecular weight is 569 g/mol. The number of fused-ring (bicyclic) bond motifs is 3. The van der Waals surface area contributed by atoms with Crippen LogP contribution in [-0.4, -0.2) is 62.4 Å². The van der Waals surface area contributed by atoms with Crippen molar-refractivity contribution in [2.75, 3.05) is 12.4 Å². The lowest BCUT2D eigenvalue weighted by Gasteiger charge is -2.39. The van der Waals surface area contributed by atoms with Gasteiger partial charge in [-0.3, -0.25) is 15.0 Å². The van der Waals surface area contributed by atoms with E-state index in [4.69, 9.17) is 9.90 Å². The molecule has 1 aliphatic carbocycles. The van der Waals surface area contributed by atoms with E-state index in [1.807, 2.05) is 24.3 Å². The van der Waals surface area contributed by atoms with Gasteiger partial charge in [0.1, 0.15) is 0 Å². The Labute approximate surface area is 230 Å². The van der Waals surface area contributed by atoms with Gasteiger partial charge in [0.25, 0.3) is 5.91 Å². The molecule has 212 valence electrons. The summed E-state index contributed by atoms with van der Waals surface area (Å²) in [6, 6.07) is 20.5. The van der Waals surface area contributed by atoms with Gasteiger partial charge in [-0.1, -0.05) is 48.5 Å². The van der Waals surface area contributed by atoms with Crippen molar-refractivity contribution in [1.29, 1.82) is 0 Å². The molecule has 3 aromatic carbocycles. The number of carbonyl (C=O) groups excluding carboxylic acids is 2. The largest absolute Gasteiger partial charge is 0.490 e. The van der Waals surface area contributed by atoms with Crippen molar-refractivity contribution in [2.24, 2.45) is 0 Å². The van der Waals surface area contributed by atoms with Crippen LogP contribution in [0.5, 0.6) is 0 Å². The summed E-state index contributed by atoms with van der Waals surface area (Å²) in [5.74, 6) is -2.71. The molecule has 1 unspecified atom stereocenters. The maximum Gasteiger partial charge on any atom is 0.490 e. The van der Waals surface area contributed by atoms with Crippen molar-refractivity contribution >= 4 is 35.0 Å². The molecule has 10 nitrogen and oxygen atoms in total. The number of rotatable bonds is 3. The molecule has 2 aliphatic rings. The summed E-state index contributed by atoms with van der Waals surface area (Å²) in [7, 11) is 1.27. The summed E-state index contributed by atoms with van der Waals surface area (Å²) in [4.78, 5) is 43.1. The summed E-state index contributed by atoms with van der Waals surface area (Å²) in [5, 5.41) is 22.0. The predicted octanol–water partition coefficient (Wildman–Crippen LogP) is 4.19. The number of aliphatic hydroxyl groups is 1. The zero-order valence-electron chi connectivity index (χ0n) is 21.4. The molecule has 41 heavy (non-hydrogen) atoms. The quantitative estimate of drug-likeness (QED) is 0.290. The first-order valence-electron chi connectivity index (χ1n) is 12.3. The number of anilines is 1. The zero-order chi connectivity index (χ0) is 29.5. The van der Waals surface area contributed by atoms with Gasteiger partial charge in [0.15, 0.2) is 5.72 Å². The normalized spacial score (nSPS) is 18.0. The highest BCUT2D eigenvalue weighted by Crippen LogP contribution is 2.46. The second-order valence-electron chi connectivity index (χ2n) is 9.46. The van der Waals surface area contributed by atoms with Crippen LogP contribution in [0.4, 0.5) is 23.9 Å². The number of nitrogens with one attached hydrogen (secondary N) is 2. The Morgan fingerprint density at radius 2 is 1.68 bits per heavy atom. The van der Waals surface area contributed by atoms with Crippen molar-refractivity contribution in [3.63, 3.8) is 0 Å². The monoisotopic (exact) mass is 568 g/mol. The number of aliphatic carboxylic acids is 1. The summed E-state index contributed by atoms with van der Waals surface area (Å²) >= 11 is 0. The van der Waals surface area contributed by atoms with Crippen LogP contribution >= 0.6 is 0 Å². The van der Waals surface area contributed by atoms with Gasteiger partial charge in [-0.05, 0) is 42.2 Å². The third-order valence-corrected chi connectivity index (χ3v) is 7.03. The SMILES string of the molecule is COC(=O)Nc1nc2ccc(C3(O)c4ccccc4C(=O)N3C3Cc4ccccc4C3)cc2[nH]1.O=C(O)C(F)(F)F. The summed E-state index contributed by atoms with van der Waals surface area (Å²) in [6.07, 6.45) is -4.37. The van der Waals surface area contributed by atoms with Crippen LogP contribution in [0.3, 0.4) is 0 Å². The Kier molecular flexibility index (Phi) is 6.91. The van der Waals surface area contributed by atoms with Gasteiger partial charge >= 0.3 is 18.2 Å². The number of benzene rings is 3. The van der Waals surface area contributed by atoms with Crippen molar-refractivity contribution < 1.29 is 42.5 Å². The van der Waals surface area contributed by atoms with Crippen LogP contribution in [-0.2, 0) is 28.1 Å². The van der Waals surface area contributed by atoms with E-state index >= 15 is 0 Å². The minimum absolute atomic E-state index is 0.184. The molecule has 0 saturated heterocycles. The van der Waals surface area contributed by atoms with E-state index in [1.165, 1.54) is 18.2 Å². The molecule has 4 aromatic rings. The number of aromatic nitrogens is 2. The highest BCUT2D eigenvalue weighted by Gasteiger charge is 2.53. The molecule has 4 N–H and O–H groups in total.